The molecule has 0 aliphatic rings. The van der Waals surface area contributed by atoms with Crippen molar-refractivity contribution in [2.45, 2.75) is 10.8 Å². The van der Waals surface area contributed by atoms with Gasteiger partial charge in [-0.3, -0.25) is 0 Å². The lowest BCUT2D eigenvalue weighted by Crippen LogP contribution is -2.39. The summed E-state index contributed by atoms with van der Waals surface area (Å²) >= 11 is 2.90. The molecule has 0 saturated heterocycles. The predicted octanol–water partition coefficient (Wildman–Crippen LogP) is 1.05. The van der Waals surface area contributed by atoms with Gasteiger partial charge in [0.25, 0.3) is 5.92 Å². The van der Waals surface area contributed by atoms with Crippen LogP contribution in [-0.2, 0) is 10.0 Å². The van der Waals surface area contributed by atoms with Crippen molar-refractivity contribution in [3.8, 4) is 0 Å². The summed E-state index contributed by atoms with van der Waals surface area (Å²) in [5, 5.41) is 17.1. The van der Waals surface area contributed by atoms with Crippen molar-refractivity contribution in [2.24, 2.45) is 0 Å². The van der Waals surface area contributed by atoms with E-state index in [1.807, 2.05) is 0 Å². The van der Waals surface area contributed by atoms with Gasteiger partial charge in [-0.1, -0.05) is 0 Å². The average molecular weight is 374 g/mol. The summed E-state index contributed by atoms with van der Waals surface area (Å²) in [6.07, 6.45) is 0. The average Bonchev–Trinajstić information content (AvgIpc) is 2.37. The van der Waals surface area contributed by atoms with Gasteiger partial charge in [0.2, 0.25) is 10.0 Å². The molecular formula is C10H10BrF2NO5S. The first-order valence-corrected chi connectivity index (χ1v) is 7.38. The Hall–Kier alpha value is -1.10. The molecule has 0 spiro atoms. The van der Waals surface area contributed by atoms with Gasteiger partial charge in [-0.2, -0.15) is 0 Å². The van der Waals surface area contributed by atoms with E-state index >= 15 is 0 Å². The molecule has 0 radical (unpaired) electrons. The van der Waals surface area contributed by atoms with E-state index in [-0.39, 0.29) is 10.0 Å². The number of rotatable bonds is 6. The molecule has 0 aliphatic heterocycles. The smallest absolute Gasteiger partial charge is 0.335 e. The number of carboxylic acid groups (broad SMARTS) is 1. The predicted molar refractivity (Wildman–Crippen MR) is 68.3 cm³/mol. The molecule has 3 N–H and O–H groups in total. The zero-order chi connectivity index (χ0) is 15.6. The number of nitrogens with one attached hydrogen (secondary N) is 1. The van der Waals surface area contributed by atoms with Crippen LogP contribution in [0, 0.1) is 0 Å². The molecule has 0 atom stereocenters. The first-order chi connectivity index (χ1) is 9.09. The van der Waals surface area contributed by atoms with Gasteiger partial charge in [0.1, 0.15) is 6.61 Å². The lowest BCUT2D eigenvalue weighted by Gasteiger charge is -2.15. The van der Waals surface area contributed by atoms with Crippen LogP contribution in [0.15, 0.2) is 27.6 Å². The van der Waals surface area contributed by atoms with Gasteiger partial charge in [-0.25, -0.2) is 26.7 Å². The Labute approximate surface area is 121 Å². The van der Waals surface area contributed by atoms with E-state index in [0.29, 0.717) is 0 Å². The minimum Gasteiger partial charge on any atom is -0.478 e. The number of benzene rings is 1. The fourth-order valence-electron chi connectivity index (χ4n) is 1.18. The molecule has 0 bridgehead atoms. The Bertz CT molecular complexity index is 620. The van der Waals surface area contributed by atoms with Crippen LogP contribution in [0.5, 0.6) is 0 Å². The molecule has 6 nitrogen and oxygen atoms in total. The second-order valence-corrected chi connectivity index (χ2v) is 6.38. The van der Waals surface area contributed by atoms with E-state index in [2.05, 4.69) is 15.9 Å². The fraction of sp³-hybridized carbons (Fsp3) is 0.300. The summed E-state index contributed by atoms with van der Waals surface area (Å²) < 4.78 is 51.0. The van der Waals surface area contributed by atoms with E-state index < -0.39 is 40.0 Å². The van der Waals surface area contributed by atoms with Gasteiger partial charge in [0.15, 0.2) is 0 Å². The molecule has 0 fully saturated rings. The molecule has 0 heterocycles. The number of hydrogen-bond donors (Lipinski definition) is 3. The van der Waals surface area contributed by atoms with Crippen LogP contribution in [0.4, 0.5) is 8.78 Å². The summed E-state index contributed by atoms with van der Waals surface area (Å²) in [7, 11) is -4.34. The van der Waals surface area contributed by atoms with Gasteiger partial charge in [-0.15, -0.1) is 0 Å². The number of aliphatic hydroxyl groups is 1. The standard InChI is InChI=1S/C10H10BrF2NO5S/c11-7-2-1-6(9(16)17)3-8(7)20(18,19)14-4-10(12,13)5-15/h1-3,14-15H,4-5H2,(H,16,17). The number of carbonyl (C=O) groups is 1. The number of halogens is 3. The van der Waals surface area contributed by atoms with Crippen LogP contribution in [-0.4, -0.2) is 43.7 Å². The largest absolute Gasteiger partial charge is 0.478 e. The minimum absolute atomic E-state index is 0.0299. The molecule has 112 valence electrons. The molecule has 0 amide bonds. The SMILES string of the molecule is O=C(O)c1ccc(Br)c(S(=O)(=O)NCC(F)(F)CO)c1. The van der Waals surface area contributed by atoms with Gasteiger partial charge in [0.05, 0.1) is 17.0 Å². The molecular weight excluding hydrogens is 364 g/mol. The fourth-order valence-corrected chi connectivity index (χ4v) is 3.23. The topological polar surface area (TPSA) is 104 Å². The Kier molecular flexibility index (Phi) is 5.19. The van der Waals surface area contributed by atoms with Crippen molar-refractivity contribution in [1.29, 1.82) is 0 Å². The first kappa shape index (κ1) is 17.0. The maximum absolute atomic E-state index is 12.8. The van der Waals surface area contributed by atoms with Crippen LogP contribution in [0.25, 0.3) is 0 Å². The number of aromatic carboxylic acids is 1. The van der Waals surface area contributed by atoms with Crippen molar-refractivity contribution >= 4 is 31.9 Å². The molecule has 1 aromatic rings. The summed E-state index contributed by atoms with van der Waals surface area (Å²) in [5.74, 6) is -4.96. The van der Waals surface area contributed by atoms with Gasteiger partial charge in [0, 0.05) is 4.47 Å². The van der Waals surface area contributed by atoms with Crippen molar-refractivity contribution in [3.05, 3.63) is 28.2 Å². The third-order valence-corrected chi connectivity index (χ3v) is 4.61. The highest BCUT2D eigenvalue weighted by Gasteiger charge is 2.31. The lowest BCUT2D eigenvalue weighted by atomic mass is 10.2. The third-order valence-electron chi connectivity index (χ3n) is 2.22. The Morgan fingerprint density at radius 3 is 2.50 bits per heavy atom. The highest BCUT2D eigenvalue weighted by Crippen LogP contribution is 2.24. The maximum atomic E-state index is 12.8. The van der Waals surface area contributed by atoms with Crippen molar-refractivity contribution in [3.63, 3.8) is 0 Å². The Balaban J connectivity index is 3.09. The number of carboxylic acids is 1. The monoisotopic (exact) mass is 373 g/mol. The number of alkyl halides is 2. The maximum Gasteiger partial charge on any atom is 0.335 e. The summed E-state index contributed by atoms with van der Waals surface area (Å²) in [4.78, 5) is 10.3. The number of sulfonamides is 1. The molecule has 0 aromatic heterocycles. The van der Waals surface area contributed by atoms with Crippen LogP contribution in [0.3, 0.4) is 0 Å². The van der Waals surface area contributed by atoms with Crippen molar-refractivity contribution in [1.82, 2.24) is 4.72 Å². The quantitative estimate of drug-likeness (QED) is 0.691. The normalized spacial score (nSPS) is 12.4. The van der Waals surface area contributed by atoms with Crippen molar-refractivity contribution < 1.29 is 32.2 Å². The van der Waals surface area contributed by atoms with Gasteiger partial charge < -0.3 is 10.2 Å². The molecule has 20 heavy (non-hydrogen) atoms. The van der Waals surface area contributed by atoms with Crippen molar-refractivity contribution in [2.75, 3.05) is 13.2 Å². The summed E-state index contributed by atoms with van der Waals surface area (Å²) in [6, 6.07) is 3.18. The Morgan fingerprint density at radius 2 is 2.00 bits per heavy atom. The lowest BCUT2D eigenvalue weighted by molar-refractivity contribution is -0.0437. The zero-order valence-corrected chi connectivity index (χ0v) is 12.2. The molecule has 1 aromatic carbocycles. The van der Waals surface area contributed by atoms with Crippen LogP contribution >= 0.6 is 15.9 Å². The number of hydrogen-bond acceptors (Lipinski definition) is 4. The molecule has 0 unspecified atom stereocenters. The van der Waals surface area contributed by atoms with Gasteiger partial charge in [-0.05, 0) is 34.1 Å². The minimum atomic E-state index is -4.34. The van der Waals surface area contributed by atoms with E-state index in [1.54, 1.807) is 4.72 Å². The Morgan fingerprint density at radius 1 is 1.40 bits per heavy atom. The van der Waals surface area contributed by atoms with E-state index in [4.69, 9.17) is 10.2 Å². The second-order valence-electron chi connectivity index (χ2n) is 3.79. The van der Waals surface area contributed by atoms with Crippen LogP contribution < -0.4 is 4.72 Å². The molecule has 10 heteroatoms. The molecule has 1 rings (SSSR count). The zero-order valence-electron chi connectivity index (χ0n) is 9.81. The summed E-state index contributed by atoms with van der Waals surface area (Å²) in [5.41, 5.74) is -0.303. The third kappa shape index (κ3) is 4.20. The molecule has 0 saturated carbocycles. The first-order valence-electron chi connectivity index (χ1n) is 5.10. The summed E-state index contributed by atoms with van der Waals surface area (Å²) in [6.45, 7) is -2.80. The number of aliphatic hydroxyl groups excluding tert-OH is 1. The van der Waals surface area contributed by atoms with E-state index in [1.165, 1.54) is 6.07 Å². The highest BCUT2D eigenvalue weighted by molar-refractivity contribution is 9.10. The van der Waals surface area contributed by atoms with E-state index in [9.17, 15) is 22.0 Å². The van der Waals surface area contributed by atoms with Crippen LogP contribution in [0.1, 0.15) is 10.4 Å². The van der Waals surface area contributed by atoms with E-state index in [0.717, 1.165) is 12.1 Å². The van der Waals surface area contributed by atoms with Gasteiger partial charge >= 0.3 is 5.97 Å². The second kappa shape index (κ2) is 6.12. The highest BCUT2D eigenvalue weighted by atomic mass is 79.9. The molecule has 0 aliphatic carbocycles. The van der Waals surface area contributed by atoms with Crippen LogP contribution in [0.2, 0.25) is 0 Å².